The standard InChI is InChI=1S/C9H17F2N/c1-8(2,3)7-9(10,11)5-4-6-12-7/h7,12H,4-6H2,1-3H3. The number of alkyl halides is 2. The molecule has 1 aliphatic heterocycles. The fourth-order valence-corrected chi connectivity index (χ4v) is 1.80. The molecule has 0 spiro atoms. The number of hydrogen-bond donors (Lipinski definition) is 1. The molecule has 0 aromatic carbocycles. The molecule has 0 aromatic heterocycles. The molecule has 0 radical (unpaired) electrons. The molecule has 0 bridgehead atoms. The van der Waals surface area contributed by atoms with Crippen LogP contribution >= 0.6 is 0 Å². The normalized spacial score (nSPS) is 30.2. The third-order valence-electron chi connectivity index (χ3n) is 2.32. The van der Waals surface area contributed by atoms with Crippen LogP contribution in [0.15, 0.2) is 0 Å². The quantitative estimate of drug-likeness (QED) is 0.599. The zero-order valence-electron chi connectivity index (χ0n) is 7.95. The molecule has 0 saturated carbocycles. The fraction of sp³-hybridized carbons (Fsp3) is 1.00. The van der Waals surface area contributed by atoms with Gasteiger partial charge in [-0.15, -0.1) is 0 Å². The summed E-state index contributed by atoms with van der Waals surface area (Å²) in [7, 11) is 0. The first-order chi connectivity index (χ1) is 5.34. The molecule has 1 fully saturated rings. The van der Waals surface area contributed by atoms with Crippen LogP contribution in [0.25, 0.3) is 0 Å². The lowest BCUT2D eigenvalue weighted by atomic mass is 9.80. The Kier molecular flexibility index (Phi) is 2.43. The molecule has 0 aliphatic carbocycles. The van der Waals surface area contributed by atoms with Crippen molar-refractivity contribution in [2.75, 3.05) is 6.54 Å². The molecule has 1 unspecified atom stereocenters. The minimum absolute atomic E-state index is 0.0297. The second-order valence-electron chi connectivity index (χ2n) is 4.62. The molecule has 12 heavy (non-hydrogen) atoms. The van der Waals surface area contributed by atoms with Crippen molar-refractivity contribution < 1.29 is 8.78 Å². The molecule has 1 atom stereocenters. The highest BCUT2D eigenvalue weighted by molar-refractivity contribution is 4.94. The zero-order valence-corrected chi connectivity index (χ0v) is 7.95. The number of piperidine rings is 1. The van der Waals surface area contributed by atoms with Gasteiger partial charge in [-0.3, -0.25) is 0 Å². The highest BCUT2D eigenvalue weighted by Crippen LogP contribution is 2.37. The predicted molar refractivity (Wildman–Crippen MR) is 45.4 cm³/mol. The maximum atomic E-state index is 13.3. The van der Waals surface area contributed by atoms with Crippen molar-refractivity contribution in [1.29, 1.82) is 0 Å². The van der Waals surface area contributed by atoms with Crippen LogP contribution in [-0.2, 0) is 0 Å². The van der Waals surface area contributed by atoms with Crippen molar-refractivity contribution >= 4 is 0 Å². The third-order valence-corrected chi connectivity index (χ3v) is 2.32. The number of hydrogen-bond acceptors (Lipinski definition) is 1. The largest absolute Gasteiger partial charge is 0.308 e. The van der Waals surface area contributed by atoms with E-state index < -0.39 is 12.0 Å². The molecule has 0 amide bonds. The van der Waals surface area contributed by atoms with Gasteiger partial charge in [0.2, 0.25) is 0 Å². The number of nitrogens with one attached hydrogen (secondary N) is 1. The van der Waals surface area contributed by atoms with Crippen LogP contribution in [0.4, 0.5) is 8.78 Å². The van der Waals surface area contributed by atoms with Gasteiger partial charge in [-0.05, 0) is 18.4 Å². The molecule has 0 aromatic rings. The molecular weight excluding hydrogens is 160 g/mol. The van der Waals surface area contributed by atoms with Gasteiger partial charge in [0.15, 0.2) is 0 Å². The molecule has 1 nitrogen and oxygen atoms in total. The summed E-state index contributed by atoms with van der Waals surface area (Å²) in [5, 5.41) is 2.90. The summed E-state index contributed by atoms with van der Waals surface area (Å²) >= 11 is 0. The summed E-state index contributed by atoms with van der Waals surface area (Å²) in [6, 6.07) is -0.668. The topological polar surface area (TPSA) is 12.0 Å². The Morgan fingerprint density at radius 2 is 1.92 bits per heavy atom. The minimum atomic E-state index is -2.53. The van der Waals surface area contributed by atoms with E-state index in [0.29, 0.717) is 6.42 Å². The van der Waals surface area contributed by atoms with Crippen molar-refractivity contribution in [1.82, 2.24) is 5.32 Å². The summed E-state index contributed by atoms with van der Waals surface area (Å²) in [6.45, 7) is 6.27. The van der Waals surface area contributed by atoms with Crippen LogP contribution in [-0.4, -0.2) is 18.5 Å². The van der Waals surface area contributed by atoms with E-state index in [1.165, 1.54) is 0 Å². The summed E-state index contributed by atoms with van der Waals surface area (Å²) in [6.07, 6.45) is 0.613. The SMILES string of the molecule is CC(C)(C)C1NCCCC1(F)F. The van der Waals surface area contributed by atoms with Gasteiger partial charge in [0, 0.05) is 6.42 Å². The summed E-state index contributed by atoms with van der Waals surface area (Å²) < 4.78 is 26.6. The zero-order chi connectivity index (χ0) is 9.41. The molecule has 72 valence electrons. The molecule has 1 rings (SSSR count). The van der Waals surface area contributed by atoms with Crippen molar-refractivity contribution in [3.05, 3.63) is 0 Å². The van der Waals surface area contributed by atoms with Crippen molar-refractivity contribution in [2.24, 2.45) is 5.41 Å². The van der Waals surface area contributed by atoms with Crippen LogP contribution in [0.5, 0.6) is 0 Å². The van der Waals surface area contributed by atoms with Gasteiger partial charge in [-0.2, -0.15) is 0 Å². The first-order valence-electron chi connectivity index (χ1n) is 4.45. The summed E-state index contributed by atoms with van der Waals surface area (Å²) in [5.41, 5.74) is -0.357. The van der Waals surface area contributed by atoms with Crippen LogP contribution in [0.1, 0.15) is 33.6 Å². The second-order valence-corrected chi connectivity index (χ2v) is 4.62. The average Bonchev–Trinajstić information content (AvgIpc) is 1.83. The Hall–Kier alpha value is -0.180. The van der Waals surface area contributed by atoms with Gasteiger partial charge in [-0.25, -0.2) is 8.78 Å². The first kappa shape index (κ1) is 9.90. The Balaban J connectivity index is 2.73. The lowest BCUT2D eigenvalue weighted by Gasteiger charge is -2.40. The minimum Gasteiger partial charge on any atom is -0.308 e. The van der Waals surface area contributed by atoms with Gasteiger partial charge in [0.05, 0.1) is 6.04 Å². The van der Waals surface area contributed by atoms with Crippen LogP contribution in [0, 0.1) is 5.41 Å². The maximum absolute atomic E-state index is 13.3. The third kappa shape index (κ3) is 1.94. The van der Waals surface area contributed by atoms with E-state index in [-0.39, 0.29) is 11.8 Å². The summed E-state index contributed by atoms with van der Waals surface area (Å²) in [4.78, 5) is 0. The van der Waals surface area contributed by atoms with E-state index in [1.54, 1.807) is 0 Å². The second kappa shape index (κ2) is 2.95. The fourth-order valence-electron chi connectivity index (χ4n) is 1.80. The number of halogens is 2. The Morgan fingerprint density at radius 1 is 1.33 bits per heavy atom. The molecular formula is C9H17F2N. The van der Waals surface area contributed by atoms with E-state index in [0.717, 1.165) is 6.54 Å². The van der Waals surface area contributed by atoms with E-state index >= 15 is 0 Å². The Morgan fingerprint density at radius 3 is 2.25 bits per heavy atom. The van der Waals surface area contributed by atoms with Gasteiger partial charge < -0.3 is 5.32 Å². The lowest BCUT2D eigenvalue weighted by Crippen LogP contribution is -2.56. The Bertz CT molecular complexity index is 160. The van der Waals surface area contributed by atoms with Crippen LogP contribution in [0.3, 0.4) is 0 Å². The average molecular weight is 177 g/mol. The van der Waals surface area contributed by atoms with Gasteiger partial charge in [0.25, 0.3) is 5.92 Å². The predicted octanol–water partition coefficient (Wildman–Crippen LogP) is 2.42. The summed E-state index contributed by atoms with van der Waals surface area (Å²) in [5.74, 6) is -2.53. The highest BCUT2D eigenvalue weighted by atomic mass is 19.3. The molecule has 1 heterocycles. The van der Waals surface area contributed by atoms with Crippen molar-refractivity contribution in [2.45, 2.75) is 45.6 Å². The van der Waals surface area contributed by atoms with E-state index in [1.807, 2.05) is 20.8 Å². The maximum Gasteiger partial charge on any atom is 0.263 e. The monoisotopic (exact) mass is 177 g/mol. The van der Waals surface area contributed by atoms with Crippen LogP contribution in [0.2, 0.25) is 0 Å². The van der Waals surface area contributed by atoms with Gasteiger partial charge in [-0.1, -0.05) is 20.8 Å². The first-order valence-corrected chi connectivity index (χ1v) is 4.45. The van der Waals surface area contributed by atoms with Gasteiger partial charge in [0.1, 0.15) is 0 Å². The van der Waals surface area contributed by atoms with E-state index in [9.17, 15) is 8.78 Å². The van der Waals surface area contributed by atoms with Crippen molar-refractivity contribution in [3.8, 4) is 0 Å². The van der Waals surface area contributed by atoms with E-state index in [2.05, 4.69) is 5.32 Å². The lowest BCUT2D eigenvalue weighted by molar-refractivity contribution is -0.0925. The van der Waals surface area contributed by atoms with Gasteiger partial charge >= 0.3 is 0 Å². The molecule has 1 aliphatic rings. The highest BCUT2D eigenvalue weighted by Gasteiger charge is 2.47. The van der Waals surface area contributed by atoms with Crippen molar-refractivity contribution in [3.63, 3.8) is 0 Å². The van der Waals surface area contributed by atoms with E-state index in [4.69, 9.17) is 0 Å². The molecule has 1 N–H and O–H groups in total. The molecule has 3 heteroatoms. The number of rotatable bonds is 0. The Labute approximate surface area is 72.5 Å². The smallest absolute Gasteiger partial charge is 0.263 e. The van der Waals surface area contributed by atoms with Crippen LogP contribution < -0.4 is 5.32 Å². The molecule has 1 saturated heterocycles.